The average molecular weight is 257 g/mol. The van der Waals surface area contributed by atoms with Crippen molar-refractivity contribution in [3.8, 4) is 11.3 Å². The van der Waals surface area contributed by atoms with E-state index in [-0.39, 0.29) is 5.56 Å². The molecule has 1 heterocycles. The van der Waals surface area contributed by atoms with Gasteiger partial charge < -0.3 is 10.1 Å². The third-order valence-corrected chi connectivity index (χ3v) is 3.39. The molecule has 19 heavy (non-hydrogen) atoms. The van der Waals surface area contributed by atoms with Crippen molar-refractivity contribution in [3.63, 3.8) is 0 Å². The number of rotatable bonds is 2. The maximum absolute atomic E-state index is 12.0. The van der Waals surface area contributed by atoms with Gasteiger partial charge in [0.05, 0.1) is 5.60 Å². The van der Waals surface area contributed by atoms with Crippen LogP contribution in [0, 0.1) is 13.8 Å². The molecule has 0 unspecified atom stereocenters. The standard InChI is InChI=1S/C16H19NO2/c1-10-5-6-12(9-11(10)2)14-8-7-13(15(18)17-14)16(3,4)19/h5-9,19H,1-4H3,(H,17,18). The van der Waals surface area contributed by atoms with E-state index in [4.69, 9.17) is 0 Å². The van der Waals surface area contributed by atoms with Gasteiger partial charge in [0.15, 0.2) is 0 Å². The van der Waals surface area contributed by atoms with Gasteiger partial charge in [-0.3, -0.25) is 4.79 Å². The van der Waals surface area contributed by atoms with Crippen LogP contribution in [0.25, 0.3) is 11.3 Å². The number of H-pyrrole nitrogens is 1. The summed E-state index contributed by atoms with van der Waals surface area (Å²) in [5, 5.41) is 9.89. The highest BCUT2D eigenvalue weighted by atomic mass is 16.3. The Balaban J connectivity index is 2.51. The highest BCUT2D eigenvalue weighted by Gasteiger charge is 2.19. The molecule has 0 bridgehead atoms. The molecule has 3 heteroatoms. The van der Waals surface area contributed by atoms with E-state index in [0.29, 0.717) is 5.56 Å². The Kier molecular flexibility index (Phi) is 3.33. The number of hydrogen-bond donors (Lipinski definition) is 2. The summed E-state index contributed by atoms with van der Waals surface area (Å²) in [5.41, 5.74) is 3.14. The van der Waals surface area contributed by atoms with E-state index in [0.717, 1.165) is 11.3 Å². The predicted molar refractivity (Wildman–Crippen MR) is 77.2 cm³/mol. The van der Waals surface area contributed by atoms with E-state index in [9.17, 15) is 9.90 Å². The zero-order valence-corrected chi connectivity index (χ0v) is 11.7. The molecule has 2 aromatic rings. The molecule has 1 aromatic carbocycles. The monoisotopic (exact) mass is 257 g/mol. The van der Waals surface area contributed by atoms with Crippen molar-refractivity contribution in [2.24, 2.45) is 0 Å². The van der Waals surface area contributed by atoms with Gasteiger partial charge in [0, 0.05) is 11.3 Å². The molecule has 1 aromatic heterocycles. The fourth-order valence-corrected chi connectivity index (χ4v) is 2.03. The van der Waals surface area contributed by atoms with E-state index < -0.39 is 5.60 Å². The van der Waals surface area contributed by atoms with Gasteiger partial charge >= 0.3 is 0 Å². The number of aliphatic hydroxyl groups is 1. The van der Waals surface area contributed by atoms with Crippen LogP contribution in [0.2, 0.25) is 0 Å². The first kappa shape index (κ1) is 13.6. The molecule has 3 nitrogen and oxygen atoms in total. The van der Waals surface area contributed by atoms with Crippen molar-refractivity contribution >= 4 is 0 Å². The van der Waals surface area contributed by atoms with E-state index in [2.05, 4.69) is 11.9 Å². The molecule has 0 aliphatic carbocycles. The molecule has 0 amide bonds. The smallest absolute Gasteiger partial charge is 0.254 e. The molecule has 0 atom stereocenters. The lowest BCUT2D eigenvalue weighted by Gasteiger charge is -2.16. The summed E-state index contributed by atoms with van der Waals surface area (Å²) in [5.74, 6) is 0. The predicted octanol–water partition coefficient (Wildman–Crippen LogP) is 2.89. The largest absolute Gasteiger partial charge is 0.386 e. The van der Waals surface area contributed by atoms with Gasteiger partial charge in [-0.2, -0.15) is 0 Å². The first-order chi connectivity index (χ1) is 8.79. The third-order valence-electron chi connectivity index (χ3n) is 3.39. The highest BCUT2D eigenvalue weighted by molar-refractivity contribution is 5.61. The van der Waals surface area contributed by atoms with Crippen LogP contribution in [0.15, 0.2) is 35.1 Å². The van der Waals surface area contributed by atoms with Crippen molar-refractivity contribution in [2.75, 3.05) is 0 Å². The number of nitrogens with one attached hydrogen (secondary N) is 1. The van der Waals surface area contributed by atoms with Gasteiger partial charge in [-0.25, -0.2) is 0 Å². The van der Waals surface area contributed by atoms with Gasteiger partial charge in [-0.15, -0.1) is 0 Å². The first-order valence-electron chi connectivity index (χ1n) is 6.33. The Morgan fingerprint density at radius 2 is 1.74 bits per heavy atom. The van der Waals surface area contributed by atoms with Crippen LogP contribution in [-0.4, -0.2) is 10.1 Å². The molecule has 0 aliphatic rings. The fraction of sp³-hybridized carbons (Fsp3) is 0.312. The normalized spacial score (nSPS) is 11.6. The van der Waals surface area contributed by atoms with Gasteiger partial charge in [-0.05, 0) is 62.6 Å². The zero-order chi connectivity index (χ0) is 14.2. The second-order valence-corrected chi connectivity index (χ2v) is 5.47. The summed E-state index contributed by atoms with van der Waals surface area (Å²) in [6.45, 7) is 7.31. The molecule has 2 rings (SSSR count). The summed E-state index contributed by atoms with van der Waals surface area (Å²) < 4.78 is 0. The lowest BCUT2D eigenvalue weighted by atomic mass is 9.98. The Morgan fingerprint density at radius 1 is 1.05 bits per heavy atom. The minimum Gasteiger partial charge on any atom is -0.386 e. The molecular weight excluding hydrogens is 238 g/mol. The van der Waals surface area contributed by atoms with E-state index in [1.165, 1.54) is 11.1 Å². The Bertz CT molecular complexity index is 663. The van der Waals surface area contributed by atoms with Gasteiger partial charge in [0.25, 0.3) is 5.56 Å². The zero-order valence-electron chi connectivity index (χ0n) is 11.7. The lowest BCUT2D eigenvalue weighted by Crippen LogP contribution is -2.26. The molecule has 2 N–H and O–H groups in total. The minimum atomic E-state index is -1.13. The fourth-order valence-electron chi connectivity index (χ4n) is 2.03. The maximum atomic E-state index is 12.0. The number of pyridine rings is 1. The lowest BCUT2D eigenvalue weighted by molar-refractivity contribution is 0.0771. The van der Waals surface area contributed by atoms with Crippen molar-refractivity contribution in [3.05, 3.63) is 57.4 Å². The van der Waals surface area contributed by atoms with Gasteiger partial charge in [0.2, 0.25) is 0 Å². The Morgan fingerprint density at radius 3 is 2.26 bits per heavy atom. The summed E-state index contributed by atoms with van der Waals surface area (Å²) in [6, 6.07) is 9.58. The Hall–Kier alpha value is -1.87. The number of aromatic amines is 1. The SMILES string of the molecule is Cc1ccc(-c2ccc(C(C)(C)O)c(=O)[nH]2)cc1C. The molecule has 0 aliphatic heterocycles. The summed E-state index contributed by atoms with van der Waals surface area (Å²) in [6.07, 6.45) is 0. The molecule has 0 saturated carbocycles. The van der Waals surface area contributed by atoms with E-state index in [1.807, 2.05) is 31.2 Å². The minimum absolute atomic E-state index is 0.247. The summed E-state index contributed by atoms with van der Waals surface area (Å²) >= 11 is 0. The van der Waals surface area contributed by atoms with Crippen LogP contribution >= 0.6 is 0 Å². The first-order valence-corrected chi connectivity index (χ1v) is 6.33. The summed E-state index contributed by atoms with van der Waals surface area (Å²) in [4.78, 5) is 14.8. The van der Waals surface area contributed by atoms with Crippen LogP contribution < -0.4 is 5.56 Å². The van der Waals surface area contributed by atoms with Crippen LogP contribution in [0.5, 0.6) is 0 Å². The molecular formula is C16H19NO2. The average Bonchev–Trinajstić information content (AvgIpc) is 2.31. The van der Waals surface area contributed by atoms with Crippen LogP contribution in [-0.2, 0) is 5.60 Å². The van der Waals surface area contributed by atoms with E-state index in [1.54, 1.807) is 19.9 Å². The topological polar surface area (TPSA) is 53.1 Å². The number of benzene rings is 1. The Labute approximate surface area is 112 Å². The van der Waals surface area contributed by atoms with Gasteiger partial charge in [-0.1, -0.05) is 12.1 Å². The van der Waals surface area contributed by atoms with Crippen molar-refractivity contribution < 1.29 is 5.11 Å². The second-order valence-electron chi connectivity index (χ2n) is 5.47. The van der Waals surface area contributed by atoms with Crippen LogP contribution in [0.3, 0.4) is 0 Å². The number of aryl methyl sites for hydroxylation is 2. The van der Waals surface area contributed by atoms with Crippen molar-refractivity contribution in [1.29, 1.82) is 0 Å². The third kappa shape index (κ3) is 2.76. The second kappa shape index (κ2) is 4.67. The van der Waals surface area contributed by atoms with Crippen molar-refractivity contribution in [2.45, 2.75) is 33.3 Å². The molecule has 0 saturated heterocycles. The van der Waals surface area contributed by atoms with E-state index >= 15 is 0 Å². The maximum Gasteiger partial charge on any atom is 0.254 e. The molecule has 0 radical (unpaired) electrons. The van der Waals surface area contributed by atoms with Gasteiger partial charge in [0.1, 0.15) is 0 Å². The van der Waals surface area contributed by atoms with Crippen LogP contribution in [0.4, 0.5) is 0 Å². The molecule has 0 spiro atoms. The molecule has 100 valence electrons. The number of aromatic nitrogens is 1. The number of hydrogen-bond acceptors (Lipinski definition) is 2. The molecule has 0 fully saturated rings. The van der Waals surface area contributed by atoms with Crippen LogP contribution in [0.1, 0.15) is 30.5 Å². The highest BCUT2D eigenvalue weighted by Crippen LogP contribution is 2.21. The quantitative estimate of drug-likeness (QED) is 0.869. The summed E-state index contributed by atoms with van der Waals surface area (Å²) in [7, 11) is 0. The van der Waals surface area contributed by atoms with Crippen molar-refractivity contribution in [1.82, 2.24) is 4.98 Å².